The van der Waals surface area contributed by atoms with Crippen LogP contribution in [0.5, 0.6) is 0 Å². The molecule has 0 saturated heterocycles. The minimum Gasteiger partial charge on any atom is -0.326 e. The third kappa shape index (κ3) is 2.93. The summed E-state index contributed by atoms with van der Waals surface area (Å²) >= 11 is 0. The lowest BCUT2D eigenvalue weighted by atomic mass is 10.1. The molecular weight excluding hydrogens is 245 g/mol. The Morgan fingerprint density at radius 2 is 1.95 bits per heavy atom. The average molecular weight is 263 g/mol. The van der Waals surface area contributed by atoms with Crippen LogP contribution in [0.2, 0.25) is 0 Å². The SMILES string of the molecule is CCCn1ccn(Cc2ccc(F)cc2CN)c1=O. The zero-order valence-corrected chi connectivity index (χ0v) is 11.0. The second-order valence-corrected chi connectivity index (χ2v) is 4.52. The van der Waals surface area contributed by atoms with Gasteiger partial charge in [0, 0.05) is 25.5 Å². The van der Waals surface area contributed by atoms with Crippen molar-refractivity contribution in [2.24, 2.45) is 5.73 Å². The topological polar surface area (TPSA) is 52.9 Å². The van der Waals surface area contributed by atoms with Crippen molar-refractivity contribution in [2.45, 2.75) is 33.0 Å². The Balaban J connectivity index is 2.29. The number of aryl methyl sites for hydroxylation is 1. The van der Waals surface area contributed by atoms with Gasteiger partial charge in [0.1, 0.15) is 5.82 Å². The predicted octanol–water partition coefficient (Wildman–Crippen LogP) is 1.71. The van der Waals surface area contributed by atoms with Crippen LogP contribution in [0.4, 0.5) is 4.39 Å². The highest BCUT2D eigenvalue weighted by Gasteiger charge is 2.07. The van der Waals surface area contributed by atoms with Crippen LogP contribution in [0.1, 0.15) is 24.5 Å². The van der Waals surface area contributed by atoms with Crippen LogP contribution in [0.3, 0.4) is 0 Å². The number of nitrogens with two attached hydrogens (primary N) is 1. The first-order valence-corrected chi connectivity index (χ1v) is 6.38. The van der Waals surface area contributed by atoms with E-state index < -0.39 is 0 Å². The van der Waals surface area contributed by atoms with Crippen LogP contribution >= 0.6 is 0 Å². The molecule has 0 bridgehead atoms. The van der Waals surface area contributed by atoms with Crippen LogP contribution in [0.15, 0.2) is 35.4 Å². The lowest BCUT2D eigenvalue weighted by Crippen LogP contribution is -2.24. The first-order valence-electron chi connectivity index (χ1n) is 6.38. The Kier molecular flexibility index (Phi) is 4.16. The van der Waals surface area contributed by atoms with Gasteiger partial charge in [-0.3, -0.25) is 9.13 Å². The monoisotopic (exact) mass is 263 g/mol. The fourth-order valence-electron chi connectivity index (χ4n) is 2.11. The molecule has 5 heteroatoms. The molecule has 2 aromatic rings. The van der Waals surface area contributed by atoms with E-state index >= 15 is 0 Å². The molecule has 1 heterocycles. The first-order chi connectivity index (χ1) is 9.15. The molecule has 102 valence electrons. The van der Waals surface area contributed by atoms with Crippen molar-refractivity contribution < 1.29 is 4.39 Å². The van der Waals surface area contributed by atoms with Gasteiger partial charge < -0.3 is 5.73 Å². The minimum atomic E-state index is -0.305. The summed E-state index contributed by atoms with van der Waals surface area (Å²) in [5.41, 5.74) is 7.16. The Morgan fingerprint density at radius 3 is 2.63 bits per heavy atom. The number of hydrogen-bond acceptors (Lipinski definition) is 2. The van der Waals surface area contributed by atoms with Gasteiger partial charge in [-0.25, -0.2) is 9.18 Å². The maximum Gasteiger partial charge on any atom is 0.328 e. The molecule has 0 spiro atoms. The van der Waals surface area contributed by atoms with Crippen molar-refractivity contribution in [3.8, 4) is 0 Å². The largest absolute Gasteiger partial charge is 0.328 e. The van der Waals surface area contributed by atoms with E-state index in [-0.39, 0.29) is 18.1 Å². The zero-order valence-electron chi connectivity index (χ0n) is 11.0. The van der Waals surface area contributed by atoms with Crippen molar-refractivity contribution in [3.05, 3.63) is 58.0 Å². The van der Waals surface area contributed by atoms with Crippen molar-refractivity contribution in [3.63, 3.8) is 0 Å². The second kappa shape index (κ2) is 5.84. The lowest BCUT2D eigenvalue weighted by Gasteiger charge is -2.08. The maximum absolute atomic E-state index is 13.1. The fraction of sp³-hybridized carbons (Fsp3) is 0.357. The van der Waals surface area contributed by atoms with Crippen molar-refractivity contribution >= 4 is 0 Å². The number of nitrogens with zero attached hydrogens (tertiary/aromatic N) is 2. The fourth-order valence-corrected chi connectivity index (χ4v) is 2.11. The summed E-state index contributed by atoms with van der Waals surface area (Å²) in [7, 11) is 0. The van der Waals surface area contributed by atoms with E-state index in [1.54, 1.807) is 27.6 Å². The minimum absolute atomic E-state index is 0.0471. The highest BCUT2D eigenvalue weighted by molar-refractivity contribution is 5.28. The number of hydrogen-bond donors (Lipinski definition) is 1. The van der Waals surface area contributed by atoms with E-state index in [1.807, 2.05) is 6.92 Å². The van der Waals surface area contributed by atoms with E-state index in [0.717, 1.165) is 17.5 Å². The number of aromatic nitrogens is 2. The summed E-state index contributed by atoms with van der Waals surface area (Å²) in [5, 5.41) is 0. The van der Waals surface area contributed by atoms with Crippen LogP contribution in [-0.2, 0) is 19.6 Å². The smallest absolute Gasteiger partial charge is 0.326 e. The summed E-state index contributed by atoms with van der Waals surface area (Å²) in [6.45, 7) is 3.41. The molecular formula is C14H18FN3O. The highest BCUT2D eigenvalue weighted by Crippen LogP contribution is 2.12. The van der Waals surface area contributed by atoms with Crippen molar-refractivity contribution in [2.75, 3.05) is 0 Å². The highest BCUT2D eigenvalue weighted by atomic mass is 19.1. The van der Waals surface area contributed by atoms with Gasteiger partial charge in [0.05, 0.1) is 6.54 Å². The molecule has 0 radical (unpaired) electrons. The molecule has 0 amide bonds. The van der Waals surface area contributed by atoms with Crippen LogP contribution in [-0.4, -0.2) is 9.13 Å². The maximum atomic E-state index is 13.1. The number of rotatable bonds is 5. The molecule has 1 aromatic heterocycles. The Bertz CT molecular complexity index is 615. The molecule has 0 fully saturated rings. The van der Waals surface area contributed by atoms with Gasteiger partial charge in [-0.05, 0) is 29.7 Å². The molecule has 0 aliphatic rings. The van der Waals surface area contributed by atoms with E-state index in [9.17, 15) is 9.18 Å². The van der Waals surface area contributed by atoms with Gasteiger partial charge in [-0.15, -0.1) is 0 Å². The molecule has 19 heavy (non-hydrogen) atoms. The Hall–Kier alpha value is -1.88. The third-order valence-corrected chi connectivity index (χ3v) is 3.11. The van der Waals surface area contributed by atoms with E-state index in [0.29, 0.717) is 13.1 Å². The lowest BCUT2D eigenvalue weighted by molar-refractivity contribution is 0.615. The normalized spacial score (nSPS) is 10.9. The molecule has 0 aliphatic carbocycles. The van der Waals surface area contributed by atoms with E-state index in [1.165, 1.54) is 12.1 Å². The first kappa shape index (κ1) is 13.5. The van der Waals surface area contributed by atoms with Crippen LogP contribution in [0.25, 0.3) is 0 Å². The van der Waals surface area contributed by atoms with Crippen LogP contribution in [0, 0.1) is 5.82 Å². The van der Waals surface area contributed by atoms with Crippen molar-refractivity contribution in [1.82, 2.24) is 9.13 Å². The standard InChI is InChI=1S/C14H18FN3O/c1-2-5-17-6-7-18(14(17)19)10-11-3-4-13(15)8-12(11)9-16/h3-4,6-8H,2,5,9-10,16H2,1H3. The van der Waals surface area contributed by atoms with E-state index in [4.69, 9.17) is 5.73 Å². The second-order valence-electron chi connectivity index (χ2n) is 4.52. The molecule has 4 nitrogen and oxygen atoms in total. The van der Waals surface area contributed by atoms with Gasteiger partial charge in [0.25, 0.3) is 0 Å². The number of halogens is 1. The van der Waals surface area contributed by atoms with Crippen LogP contribution < -0.4 is 11.4 Å². The Morgan fingerprint density at radius 1 is 1.21 bits per heavy atom. The van der Waals surface area contributed by atoms with Gasteiger partial charge in [-0.1, -0.05) is 13.0 Å². The molecule has 2 N–H and O–H groups in total. The predicted molar refractivity (Wildman–Crippen MR) is 72.4 cm³/mol. The average Bonchev–Trinajstić information content (AvgIpc) is 2.74. The van der Waals surface area contributed by atoms with E-state index in [2.05, 4.69) is 0 Å². The quantitative estimate of drug-likeness (QED) is 0.892. The van der Waals surface area contributed by atoms with Crippen molar-refractivity contribution in [1.29, 1.82) is 0 Å². The summed E-state index contributed by atoms with van der Waals surface area (Å²) < 4.78 is 16.4. The number of imidazole rings is 1. The third-order valence-electron chi connectivity index (χ3n) is 3.11. The number of benzene rings is 1. The van der Waals surface area contributed by atoms with Gasteiger partial charge in [-0.2, -0.15) is 0 Å². The van der Waals surface area contributed by atoms with Gasteiger partial charge in [0.15, 0.2) is 0 Å². The Labute approximate surface area is 111 Å². The summed E-state index contributed by atoms with van der Waals surface area (Å²) in [4.78, 5) is 12.1. The summed E-state index contributed by atoms with van der Waals surface area (Å²) in [6.07, 6.45) is 4.44. The molecule has 0 saturated carbocycles. The summed E-state index contributed by atoms with van der Waals surface area (Å²) in [6, 6.07) is 4.49. The molecule has 1 aromatic carbocycles. The summed E-state index contributed by atoms with van der Waals surface area (Å²) in [5.74, 6) is -0.305. The molecule has 0 atom stereocenters. The van der Waals surface area contributed by atoms with Gasteiger partial charge in [0.2, 0.25) is 0 Å². The zero-order chi connectivity index (χ0) is 13.8. The molecule has 2 rings (SSSR count). The molecule has 0 unspecified atom stereocenters. The van der Waals surface area contributed by atoms with Gasteiger partial charge >= 0.3 is 5.69 Å². The molecule has 0 aliphatic heterocycles.